The van der Waals surface area contributed by atoms with Gasteiger partial charge in [0.15, 0.2) is 26.8 Å². The summed E-state index contributed by atoms with van der Waals surface area (Å²) >= 11 is 0. The number of nitriles is 1. The van der Waals surface area contributed by atoms with Gasteiger partial charge >= 0.3 is 5.97 Å². The zero-order chi connectivity index (χ0) is 16.8. The van der Waals surface area contributed by atoms with Crippen LogP contribution in [0.1, 0.15) is 18.4 Å². The van der Waals surface area contributed by atoms with Crippen LogP contribution < -0.4 is 9.47 Å². The number of fused-ring (bicyclic) bond motifs is 1. The third-order valence-electron chi connectivity index (χ3n) is 4.15. The lowest BCUT2D eigenvalue weighted by Crippen LogP contribution is -2.24. The zero-order valence-corrected chi connectivity index (χ0v) is 13.4. The standard InChI is InChI=1S/C15H15NO6S/c1-3-20-14(17)15(7-16)12(13(15)23(2,18)19)9-4-5-10-11(6-9)22-8-21-10/h4-6,12-13H,3,8H2,1-2H3/t12-,13+,15+/m1/s1. The Bertz CT molecular complexity index is 812. The lowest BCUT2D eigenvalue weighted by molar-refractivity contribution is -0.147. The van der Waals surface area contributed by atoms with Crippen molar-refractivity contribution in [3.8, 4) is 17.6 Å². The maximum Gasteiger partial charge on any atom is 0.328 e. The van der Waals surface area contributed by atoms with Crippen molar-refractivity contribution in [2.45, 2.75) is 18.1 Å². The molecule has 1 aliphatic carbocycles. The van der Waals surface area contributed by atoms with Gasteiger partial charge in [0.05, 0.1) is 12.7 Å². The monoisotopic (exact) mass is 337 g/mol. The first-order valence-electron chi connectivity index (χ1n) is 7.03. The Balaban J connectivity index is 2.06. The molecule has 0 amide bonds. The minimum Gasteiger partial charge on any atom is -0.465 e. The minimum atomic E-state index is -3.62. The molecule has 1 aromatic carbocycles. The number of carbonyl (C=O) groups excluding carboxylic acids is 1. The minimum absolute atomic E-state index is 0.0760. The van der Waals surface area contributed by atoms with Gasteiger partial charge in [-0.2, -0.15) is 5.26 Å². The number of esters is 1. The van der Waals surface area contributed by atoms with Crippen LogP contribution in [0.3, 0.4) is 0 Å². The van der Waals surface area contributed by atoms with Gasteiger partial charge in [0.2, 0.25) is 6.79 Å². The maximum absolute atomic E-state index is 12.3. The van der Waals surface area contributed by atoms with Crippen LogP contribution in [0.4, 0.5) is 0 Å². The molecule has 1 fully saturated rings. The van der Waals surface area contributed by atoms with E-state index < -0.39 is 32.4 Å². The van der Waals surface area contributed by atoms with Gasteiger partial charge < -0.3 is 14.2 Å². The highest BCUT2D eigenvalue weighted by Crippen LogP contribution is 2.63. The van der Waals surface area contributed by atoms with Gasteiger partial charge in [-0.05, 0) is 24.6 Å². The van der Waals surface area contributed by atoms with Gasteiger partial charge in [0, 0.05) is 12.2 Å². The largest absolute Gasteiger partial charge is 0.465 e. The third-order valence-corrected chi connectivity index (χ3v) is 5.71. The van der Waals surface area contributed by atoms with Crippen LogP contribution in [0.15, 0.2) is 18.2 Å². The molecule has 0 radical (unpaired) electrons. The van der Waals surface area contributed by atoms with Crippen molar-refractivity contribution in [1.29, 1.82) is 5.26 Å². The van der Waals surface area contributed by atoms with Crippen molar-refractivity contribution in [3.05, 3.63) is 23.8 Å². The Morgan fingerprint density at radius 2 is 2.13 bits per heavy atom. The molecule has 23 heavy (non-hydrogen) atoms. The van der Waals surface area contributed by atoms with E-state index in [1.54, 1.807) is 25.1 Å². The average Bonchev–Trinajstić information content (AvgIpc) is 3.00. The van der Waals surface area contributed by atoms with Gasteiger partial charge in [0.25, 0.3) is 0 Å². The van der Waals surface area contributed by atoms with Crippen LogP contribution in [-0.2, 0) is 19.4 Å². The van der Waals surface area contributed by atoms with Crippen molar-refractivity contribution in [1.82, 2.24) is 0 Å². The summed E-state index contributed by atoms with van der Waals surface area (Å²) in [6.45, 7) is 1.77. The zero-order valence-electron chi connectivity index (χ0n) is 12.6. The molecule has 0 unspecified atom stereocenters. The molecule has 122 valence electrons. The highest BCUT2D eigenvalue weighted by Gasteiger charge is 2.76. The van der Waals surface area contributed by atoms with Crippen LogP contribution in [-0.4, -0.2) is 39.3 Å². The number of benzene rings is 1. The summed E-state index contributed by atoms with van der Waals surface area (Å²) in [5.74, 6) is -0.571. The smallest absolute Gasteiger partial charge is 0.328 e. The molecular weight excluding hydrogens is 322 g/mol. The molecule has 0 N–H and O–H groups in total. The summed E-state index contributed by atoms with van der Waals surface area (Å²) in [5.41, 5.74) is -1.17. The molecule has 0 aromatic heterocycles. The summed E-state index contributed by atoms with van der Waals surface area (Å²) in [4.78, 5) is 12.3. The lowest BCUT2D eigenvalue weighted by Gasteiger charge is -2.08. The molecule has 7 nitrogen and oxygen atoms in total. The van der Waals surface area contributed by atoms with Crippen molar-refractivity contribution in [3.63, 3.8) is 0 Å². The highest BCUT2D eigenvalue weighted by molar-refractivity contribution is 7.91. The Morgan fingerprint density at radius 1 is 1.43 bits per heavy atom. The second kappa shape index (κ2) is 5.13. The average molecular weight is 337 g/mol. The van der Waals surface area contributed by atoms with E-state index in [4.69, 9.17) is 14.2 Å². The van der Waals surface area contributed by atoms with Gasteiger partial charge in [-0.15, -0.1) is 0 Å². The van der Waals surface area contributed by atoms with Crippen molar-refractivity contribution in [2.75, 3.05) is 19.7 Å². The van der Waals surface area contributed by atoms with Crippen molar-refractivity contribution >= 4 is 15.8 Å². The number of nitrogens with zero attached hydrogens (tertiary/aromatic N) is 1. The van der Waals surface area contributed by atoms with Gasteiger partial charge in [0.1, 0.15) is 5.25 Å². The maximum atomic E-state index is 12.3. The van der Waals surface area contributed by atoms with Gasteiger partial charge in [-0.25, -0.2) is 8.42 Å². The molecule has 0 bridgehead atoms. The molecule has 3 atom stereocenters. The molecule has 8 heteroatoms. The summed E-state index contributed by atoms with van der Waals surface area (Å²) in [7, 11) is -3.62. The molecule has 2 aliphatic rings. The fourth-order valence-electron chi connectivity index (χ4n) is 3.16. The second-order valence-corrected chi connectivity index (χ2v) is 7.71. The van der Waals surface area contributed by atoms with E-state index in [1.807, 2.05) is 6.07 Å². The van der Waals surface area contributed by atoms with Crippen molar-refractivity contribution in [2.24, 2.45) is 5.41 Å². The Labute approximate surface area is 133 Å². The molecule has 3 rings (SSSR count). The predicted molar refractivity (Wildman–Crippen MR) is 78.6 cm³/mol. The summed E-state index contributed by atoms with van der Waals surface area (Å²) in [6, 6.07) is 6.79. The number of sulfone groups is 1. The van der Waals surface area contributed by atoms with E-state index >= 15 is 0 Å². The Hall–Kier alpha value is -2.27. The molecule has 1 saturated carbocycles. The third kappa shape index (κ3) is 2.23. The first-order chi connectivity index (χ1) is 10.9. The van der Waals surface area contributed by atoms with E-state index in [9.17, 15) is 18.5 Å². The van der Waals surface area contributed by atoms with Crippen LogP contribution in [0.2, 0.25) is 0 Å². The van der Waals surface area contributed by atoms with E-state index in [2.05, 4.69) is 0 Å². The molecule has 0 saturated heterocycles. The Kier molecular flexibility index (Phi) is 3.48. The second-order valence-electron chi connectivity index (χ2n) is 5.54. The van der Waals surface area contributed by atoms with Crippen molar-refractivity contribution < 1.29 is 27.4 Å². The fourth-order valence-corrected chi connectivity index (χ4v) is 4.92. The number of hydrogen-bond acceptors (Lipinski definition) is 7. The summed E-state index contributed by atoms with van der Waals surface area (Å²) in [5, 5.41) is 8.42. The summed E-state index contributed by atoms with van der Waals surface area (Å²) in [6.07, 6.45) is 1.02. The fraction of sp³-hybridized carbons (Fsp3) is 0.467. The summed E-state index contributed by atoms with van der Waals surface area (Å²) < 4.78 is 39.6. The molecule has 1 heterocycles. The molecule has 1 aromatic rings. The molecule has 0 spiro atoms. The highest BCUT2D eigenvalue weighted by atomic mass is 32.2. The lowest BCUT2D eigenvalue weighted by atomic mass is 10.0. The van der Waals surface area contributed by atoms with Crippen LogP contribution in [0.25, 0.3) is 0 Å². The Morgan fingerprint density at radius 3 is 2.74 bits per heavy atom. The van der Waals surface area contributed by atoms with E-state index in [0.29, 0.717) is 17.1 Å². The number of ether oxygens (including phenoxy) is 3. The van der Waals surface area contributed by atoms with E-state index in [-0.39, 0.29) is 13.4 Å². The van der Waals surface area contributed by atoms with Crippen LogP contribution in [0.5, 0.6) is 11.5 Å². The molecular formula is C15H15NO6S. The topological polar surface area (TPSA) is 103 Å². The first-order valence-corrected chi connectivity index (χ1v) is 8.98. The molecule has 1 aliphatic heterocycles. The van der Waals surface area contributed by atoms with E-state index in [0.717, 1.165) is 6.26 Å². The van der Waals surface area contributed by atoms with Gasteiger partial charge in [-0.1, -0.05) is 6.07 Å². The SMILES string of the molecule is CCOC(=O)[C@@]1(C#N)[C@H](c2ccc3c(c2)OCO3)[C@@H]1S(C)(=O)=O. The first kappa shape index (κ1) is 15.6. The number of rotatable bonds is 4. The number of carbonyl (C=O) groups is 1. The van der Waals surface area contributed by atoms with Gasteiger partial charge in [-0.3, -0.25) is 4.79 Å². The van der Waals surface area contributed by atoms with Crippen LogP contribution >= 0.6 is 0 Å². The normalized spacial score (nSPS) is 28.0. The van der Waals surface area contributed by atoms with Crippen LogP contribution in [0, 0.1) is 16.7 Å². The quantitative estimate of drug-likeness (QED) is 0.755. The van der Waals surface area contributed by atoms with E-state index in [1.165, 1.54) is 0 Å². The number of hydrogen-bond donors (Lipinski definition) is 0. The predicted octanol–water partition coefficient (Wildman–Crippen LogP) is 0.999.